The lowest BCUT2D eigenvalue weighted by Crippen LogP contribution is -2.49. The Bertz CT molecular complexity index is 763. The first kappa shape index (κ1) is 18.4. The summed E-state index contributed by atoms with van der Waals surface area (Å²) in [4.78, 5) is 25.9. The number of carbonyl (C=O) groups is 2. The lowest BCUT2D eigenvalue weighted by atomic mass is 9.69. The number of benzene rings is 1. The van der Waals surface area contributed by atoms with Crippen molar-refractivity contribution in [1.82, 2.24) is 10.0 Å². The number of hydrazine groups is 1. The highest BCUT2D eigenvalue weighted by Gasteiger charge is 2.45. The summed E-state index contributed by atoms with van der Waals surface area (Å²) in [6.45, 7) is 4.11. The van der Waals surface area contributed by atoms with Gasteiger partial charge in [-0.15, -0.1) is 0 Å². The van der Waals surface area contributed by atoms with Gasteiger partial charge in [0.25, 0.3) is 0 Å². The van der Waals surface area contributed by atoms with Gasteiger partial charge in [0, 0.05) is 54.2 Å². The van der Waals surface area contributed by atoms with E-state index in [0.717, 1.165) is 5.70 Å². The Balaban J connectivity index is 2.23. The van der Waals surface area contributed by atoms with Gasteiger partial charge in [0.15, 0.2) is 5.78 Å². The summed E-state index contributed by atoms with van der Waals surface area (Å²) in [7, 11) is 3.63. The Morgan fingerprint density at radius 2 is 1.72 bits per heavy atom. The molecule has 0 radical (unpaired) electrons. The summed E-state index contributed by atoms with van der Waals surface area (Å²) in [5.74, 6) is -0.356. The van der Waals surface area contributed by atoms with E-state index in [9.17, 15) is 9.59 Å². The van der Waals surface area contributed by atoms with E-state index in [4.69, 9.17) is 23.2 Å². The van der Waals surface area contributed by atoms with Crippen LogP contribution in [-0.4, -0.2) is 35.8 Å². The maximum atomic E-state index is 13.0. The summed E-state index contributed by atoms with van der Waals surface area (Å²) >= 11 is 12.8. The van der Waals surface area contributed by atoms with Crippen LogP contribution in [0.1, 0.15) is 44.6 Å². The molecule has 1 aliphatic heterocycles. The van der Waals surface area contributed by atoms with Gasteiger partial charge in [-0.2, -0.15) is 0 Å². The van der Waals surface area contributed by atoms with Crippen molar-refractivity contribution in [3.05, 3.63) is 45.1 Å². The molecule has 0 fully saturated rings. The smallest absolute Gasteiger partial charge is 0.242 e. The molecule has 1 atom stereocenters. The molecule has 4 nitrogen and oxygen atoms in total. The Hall–Kier alpha value is -1.36. The third kappa shape index (κ3) is 3.23. The first-order valence-corrected chi connectivity index (χ1v) is 9.08. The van der Waals surface area contributed by atoms with E-state index in [1.54, 1.807) is 28.2 Å². The van der Waals surface area contributed by atoms with Gasteiger partial charge in [0.1, 0.15) is 0 Å². The molecular formula is C19H22Cl2N2O2. The summed E-state index contributed by atoms with van der Waals surface area (Å²) < 4.78 is 0. The highest BCUT2D eigenvalue weighted by Crippen LogP contribution is 2.49. The summed E-state index contributed by atoms with van der Waals surface area (Å²) in [6.07, 6.45) is 1.31. The monoisotopic (exact) mass is 380 g/mol. The lowest BCUT2D eigenvalue weighted by Gasteiger charge is -2.44. The fourth-order valence-corrected chi connectivity index (χ4v) is 4.62. The zero-order chi connectivity index (χ0) is 18.5. The van der Waals surface area contributed by atoms with E-state index in [1.807, 2.05) is 14.1 Å². The van der Waals surface area contributed by atoms with Crippen LogP contribution in [-0.2, 0) is 9.59 Å². The van der Waals surface area contributed by atoms with Crippen LogP contribution in [0.5, 0.6) is 0 Å². The fraction of sp³-hybridized carbons (Fsp3) is 0.474. The van der Waals surface area contributed by atoms with E-state index >= 15 is 0 Å². The van der Waals surface area contributed by atoms with Gasteiger partial charge in [-0.1, -0.05) is 43.1 Å². The number of rotatable bonds is 2. The number of hydrogen-bond acceptors (Lipinski definition) is 3. The van der Waals surface area contributed by atoms with Crippen LogP contribution in [0.25, 0.3) is 0 Å². The van der Waals surface area contributed by atoms with Gasteiger partial charge < -0.3 is 0 Å². The van der Waals surface area contributed by atoms with E-state index < -0.39 is 0 Å². The minimum Gasteiger partial charge on any atom is -0.294 e. The number of allylic oxidation sites excluding steroid dienone is 2. The highest BCUT2D eigenvalue weighted by molar-refractivity contribution is 6.36. The SMILES string of the molecule is CN(C)N1C(=O)CC(c2c(Cl)cccc2Cl)C2=C1CC(C)(C)CC2=O. The number of carbonyl (C=O) groups excluding carboxylic acids is 2. The number of hydrogen-bond donors (Lipinski definition) is 0. The molecule has 0 saturated heterocycles. The van der Waals surface area contributed by atoms with Crippen LogP contribution >= 0.6 is 23.2 Å². The molecule has 1 aromatic carbocycles. The van der Waals surface area contributed by atoms with Gasteiger partial charge in [-0.3, -0.25) is 9.59 Å². The molecule has 0 N–H and O–H groups in total. The molecule has 0 spiro atoms. The van der Waals surface area contributed by atoms with E-state index in [-0.39, 0.29) is 29.4 Å². The van der Waals surface area contributed by atoms with Crippen molar-refractivity contribution in [1.29, 1.82) is 0 Å². The summed E-state index contributed by atoms with van der Waals surface area (Å²) in [5, 5.41) is 4.37. The van der Waals surface area contributed by atoms with Crippen LogP contribution in [0.4, 0.5) is 0 Å². The van der Waals surface area contributed by atoms with Crippen LogP contribution in [0.15, 0.2) is 29.5 Å². The van der Waals surface area contributed by atoms with Crippen LogP contribution in [0.2, 0.25) is 10.0 Å². The number of nitrogens with zero attached hydrogens (tertiary/aromatic N) is 2. The highest BCUT2D eigenvalue weighted by atomic mass is 35.5. The fourth-order valence-electron chi connectivity index (χ4n) is 3.95. The van der Waals surface area contributed by atoms with E-state index in [2.05, 4.69) is 13.8 Å². The Morgan fingerprint density at radius 1 is 1.12 bits per heavy atom. The normalized spacial score (nSPS) is 23.3. The lowest BCUT2D eigenvalue weighted by molar-refractivity contribution is -0.143. The van der Waals surface area contributed by atoms with Crippen molar-refractivity contribution >= 4 is 34.9 Å². The van der Waals surface area contributed by atoms with Crippen molar-refractivity contribution in [3.63, 3.8) is 0 Å². The van der Waals surface area contributed by atoms with E-state index in [1.165, 1.54) is 0 Å². The number of ketones is 1. The second-order valence-corrected chi connectivity index (χ2v) is 8.56. The third-order valence-electron chi connectivity index (χ3n) is 4.86. The average molecular weight is 381 g/mol. The second kappa shape index (κ2) is 6.42. The Labute approximate surface area is 158 Å². The molecule has 25 heavy (non-hydrogen) atoms. The van der Waals surface area contributed by atoms with Gasteiger partial charge >= 0.3 is 0 Å². The van der Waals surface area contributed by atoms with Crippen LogP contribution in [0.3, 0.4) is 0 Å². The quantitative estimate of drug-likeness (QED) is 0.761. The molecular weight excluding hydrogens is 359 g/mol. The Morgan fingerprint density at radius 3 is 2.28 bits per heavy atom. The molecule has 1 unspecified atom stereocenters. The van der Waals surface area contributed by atoms with Gasteiger partial charge in [-0.25, -0.2) is 10.0 Å². The molecule has 1 aliphatic carbocycles. The van der Waals surface area contributed by atoms with Gasteiger partial charge in [0.05, 0.1) is 0 Å². The maximum absolute atomic E-state index is 13.0. The molecule has 6 heteroatoms. The number of Topliss-reactive ketones (excluding diaryl/α,β-unsaturated/α-hetero) is 1. The predicted octanol–water partition coefficient (Wildman–Crippen LogP) is 4.43. The summed E-state index contributed by atoms with van der Waals surface area (Å²) in [5.41, 5.74) is 1.96. The molecule has 3 rings (SSSR count). The molecule has 1 aromatic rings. The molecule has 2 aliphatic rings. The van der Waals surface area contributed by atoms with Crippen molar-refractivity contribution in [3.8, 4) is 0 Å². The van der Waals surface area contributed by atoms with Crippen LogP contribution in [0, 0.1) is 5.41 Å². The second-order valence-electron chi connectivity index (χ2n) is 7.75. The molecule has 0 aromatic heterocycles. The number of halogens is 2. The standard InChI is InChI=1S/C19H22Cl2N2O2/c1-19(2)9-14-18(15(24)10-19)11(8-16(25)23(14)22(3)4)17-12(20)6-5-7-13(17)21/h5-7,11H,8-10H2,1-4H3. The van der Waals surface area contributed by atoms with Crippen molar-refractivity contribution in [2.45, 2.75) is 39.0 Å². The largest absolute Gasteiger partial charge is 0.294 e. The topological polar surface area (TPSA) is 40.6 Å². The first-order chi connectivity index (χ1) is 11.6. The molecule has 0 bridgehead atoms. The molecule has 134 valence electrons. The van der Waals surface area contributed by atoms with Gasteiger partial charge in [0.2, 0.25) is 5.91 Å². The van der Waals surface area contributed by atoms with Crippen LogP contribution < -0.4 is 0 Å². The predicted molar refractivity (Wildman–Crippen MR) is 99.4 cm³/mol. The Kier molecular flexibility index (Phi) is 4.73. The van der Waals surface area contributed by atoms with Crippen molar-refractivity contribution in [2.75, 3.05) is 14.1 Å². The van der Waals surface area contributed by atoms with Gasteiger partial charge in [-0.05, 0) is 29.5 Å². The number of amides is 1. The molecule has 0 saturated carbocycles. The van der Waals surface area contributed by atoms with Crippen molar-refractivity contribution < 1.29 is 9.59 Å². The maximum Gasteiger partial charge on any atom is 0.242 e. The van der Waals surface area contributed by atoms with Crippen molar-refractivity contribution in [2.24, 2.45) is 5.41 Å². The minimum atomic E-state index is -0.386. The van der Waals surface area contributed by atoms with E-state index in [0.29, 0.717) is 34.0 Å². The zero-order valence-corrected chi connectivity index (χ0v) is 16.4. The summed E-state index contributed by atoms with van der Waals surface area (Å²) in [6, 6.07) is 5.28. The average Bonchev–Trinajstić information content (AvgIpc) is 2.44. The third-order valence-corrected chi connectivity index (χ3v) is 5.52. The zero-order valence-electron chi connectivity index (χ0n) is 14.9. The minimum absolute atomic E-state index is 0.0461. The molecule has 1 heterocycles. The first-order valence-electron chi connectivity index (χ1n) is 8.33. The molecule has 1 amide bonds.